The molecule has 0 fully saturated rings. The Morgan fingerprint density at radius 1 is 1.04 bits per heavy atom. The molecule has 0 aliphatic carbocycles. The van der Waals surface area contributed by atoms with Crippen molar-refractivity contribution in [3.8, 4) is 11.5 Å². The fourth-order valence-corrected chi connectivity index (χ4v) is 2.66. The van der Waals surface area contributed by atoms with Crippen molar-refractivity contribution in [2.24, 2.45) is 5.92 Å². The highest BCUT2D eigenvalue weighted by atomic mass is 16.4. The Hall–Kier alpha value is -3.01. The van der Waals surface area contributed by atoms with E-state index >= 15 is 0 Å². The minimum absolute atomic E-state index is 0.449. The first-order chi connectivity index (χ1) is 12.7. The standard InChI is InChI=1S/C22H22N2O2/c1-16(2)8-11-20(18-6-4-3-5-7-18)14-21-23-24-22(26-21)19-12-9-17(15-25)10-13-19/h3-7,9-10,12-16H,8,11H2,1-2H3/b20-14+. The molecular weight excluding hydrogens is 324 g/mol. The summed E-state index contributed by atoms with van der Waals surface area (Å²) in [5, 5.41) is 8.30. The van der Waals surface area contributed by atoms with E-state index in [1.54, 1.807) is 12.1 Å². The molecule has 0 bridgehead atoms. The second-order valence-electron chi connectivity index (χ2n) is 6.65. The first-order valence-corrected chi connectivity index (χ1v) is 8.81. The average Bonchev–Trinajstić information content (AvgIpc) is 3.14. The number of benzene rings is 2. The van der Waals surface area contributed by atoms with Gasteiger partial charge in [0.15, 0.2) is 0 Å². The van der Waals surface area contributed by atoms with Crippen molar-refractivity contribution in [3.63, 3.8) is 0 Å². The Kier molecular flexibility index (Phi) is 5.74. The van der Waals surface area contributed by atoms with Gasteiger partial charge >= 0.3 is 0 Å². The molecule has 4 heteroatoms. The zero-order valence-corrected chi connectivity index (χ0v) is 15.1. The van der Waals surface area contributed by atoms with Crippen LogP contribution in [-0.2, 0) is 0 Å². The molecule has 4 nitrogen and oxygen atoms in total. The van der Waals surface area contributed by atoms with Crippen molar-refractivity contribution in [2.45, 2.75) is 26.7 Å². The molecule has 0 aliphatic heterocycles. The van der Waals surface area contributed by atoms with Crippen molar-refractivity contribution >= 4 is 17.9 Å². The molecular formula is C22H22N2O2. The molecule has 0 atom stereocenters. The van der Waals surface area contributed by atoms with E-state index in [9.17, 15) is 4.79 Å². The van der Waals surface area contributed by atoms with Gasteiger partial charge < -0.3 is 4.42 Å². The summed E-state index contributed by atoms with van der Waals surface area (Å²) in [4.78, 5) is 10.8. The highest BCUT2D eigenvalue weighted by Gasteiger charge is 2.10. The number of hydrogen-bond donors (Lipinski definition) is 0. The third-order valence-electron chi connectivity index (χ3n) is 4.17. The minimum atomic E-state index is 0.449. The van der Waals surface area contributed by atoms with Crippen LogP contribution in [0.5, 0.6) is 0 Å². The first-order valence-electron chi connectivity index (χ1n) is 8.81. The predicted octanol–water partition coefficient (Wildman–Crippen LogP) is 5.53. The van der Waals surface area contributed by atoms with Gasteiger partial charge in [-0.15, -0.1) is 10.2 Å². The Labute approximate surface area is 153 Å². The predicted molar refractivity (Wildman–Crippen MR) is 104 cm³/mol. The quantitative estimate of drug-likeness (QED) is 0.528. The van der Waals surface area contributed by atoms with Gasteiger partial charge in [0.1, 0.15) is 6.29 Å². The van der Waals surface area contributed by atoms with Crippen LogP contribution in [0, 0.1) is 5.92 Å². The summed E-state index contributed by atoms with van der Waals surface area (Å²) >= 11 is 0. The lowest BCUT2D eigenvalue weighted by Crippen LogP contribution is -1.91. The van der Waals surface area contributed by atoms with Crippen LogP contribution in [0.1, 0.15) is 48.5 Å². The lowest BCUT2D eigenvalue weighted by Gasteiger charge is -2.09. The maximum absolute atomic E-state index is 10.8. The maximum Gasteiger partial charge on any atom is 0.248 e. The maximum atomic E-state index is 10.8. The number of rotatable bonds is 7. The molecule has 26 heavy (non-hydrogen) atoms. The van der Waals surface area contributed by atoms with E-state index in [2.05, 4.69) is 36.2 Å². The lowest BCUT2D eigenvalue weighted by atomic mass is 9.97. The second-order valence-corrected chi connectivity index (χ2v) is 6.65. The van der Waals surface area contributed by atoms with E-state index in [-0.39, 0.29) is 0 Å². The zero-order chi connectivity index (χ0) is 18.4. The monoisotopic (exact) mass is 346 g/mol. The number of aldehydes is 1. The summed E-state index contributed by atoms with van der Waals surface area (Å²) < 4.78 is 5.82. The lowest BCUT2D eigenvalue weighted by molar-refractivity contribution is 0.112. The van der Waals surface area contributed by atoms with Gasteiger partial charge in [0, 0.05) is 17.2 Å². The summed E-state index contributed by atoms with van der Waals surface area (Å²) in [5.74, 6) is 1.56. The van der Waals surface area contributed by atoms with E-state index in [0.717, 1.165) is 24.7 Å². The SMILES string of the molecule is CC(C)CC/C(=C\c1nnc(-c2ccc(C=O)cc2)o1)c1ccccc1. The second kappa shape index (κ2) is 8.39. The molecule has 0 radical (unpaired) electrons. The van der Waals surface area contributed by atoms with Gasteiger partial charge in [-0.2, -0.15) is 0 Å². The summed E-state index contributed by atoms with van der Waals surface area (Å²) in [6.07, 6.45) is 4.82. The Morgan fingerprint density at radius 3 is 2.42 bits per heavy atom. The Morgan fingerprint density at radius 2 is 1.77 bits per heavy atom. The number of nitrogens with zero attached hydrogens (tertiary/aromatic N) is 2. The van der Waals surface area contributed by atoms with Gasteiger partial charge in [0.05, 0.1) is 0 Å². The van der Waals surface area contributed by atoms with Gasteiger partial charge in [0.25, 0.3) is 0 Å². The Bertz CT molecular complexity index is 878. The molecule has 1 aromatic heterocycles. The van der Waals surface area contributed by atoms with Crippen LogP contribution >= 0.6 is 0 Å². The van der Waals surface area contributed by atoms with E-state index in [0.29, 0.717) is 23.3 Å². The molecule has 0 saturated heterocycles. The molecule has 0 unspecified atom stereocenters. The van der Waals surface area contributed by atoms with E-state index < -0.39 is 0 Å². The van der Waals surface area contributed by atoms with Crippen LogP contribution < -0.4 is 0 Å². The van der Waals surface area contributed by atoms with Gasteiger partial charge in [-0.25, -0.2) is 0 Å². The summed E-state index contributed by atoms with van der Waals surface area (Å²) in [6, 6.07) is 17.4. The van der Waals surface area contributed by atoms with Crippen LogP contribution in [0.4, 0.5) is 0 Å². The van der Waals surface area contributed by atoms with Crippen LogP contribution in [0.15, 0.2) is 59.0 Å². The van der Waals surface area contributed by atoms with Crippen LogP contribution in [0.2, 0.25) is 0 Å². The van der Waals surface area contributed by atoms with E-state index in [1.165, 1.54) is 11.1 Å². The number of aromatic nitrogens is 2. The molecule has 0 aliphatic rings. The van der Waals surface area contributed by atoms with E-state index in [4.69, 9.17) is 4.42 Å². The zero-order valence-electron chi connectivity index (χ0n) is 15.1. The van der Waals surface area contributed by atoms with Crippen molar-refractivity contribution < 1.29 is 9.21 Å². The number of hydrogen-bond acceptors (Lipinski definition) is 4. The van der Waals surface area contributed by atoms with Crippen molar-refractivity contribution in [1.29, 1.82) is 0 Å². The highest BCUT2D eigenvalue weighted by Crippen LogP contribution is 2.26. The largest absolute Gasteiger partial charge is 0.417 e. The van der Waals surface area contributed by atoms with Gasteiger partial charge in [-0.3, -0.25) is 4.79 Å². The molecule has 2 aromatic carbocycles. The molecule has 132 valence electrons. The fourth-order valence-electron chi connectivity index (χ4n) is 2.66. The van der Waals surface area contributed by atoms with Crippen molar-refractivity contribution in [2.75, 3.05) is 0 Å². The molecule has 1 heterocycles. The van der Waals surface area contributed by atoms with Gasteiger partial charge in [-0.1, -0.05) is 56.3 Å². The molecule has 3 aromatic rings. The van der Waals surface area contributed by atoms with Crippen LogP contribution in [0.3, 0.4) is 0 Å². The number of carbonyl (C=O) groups is 1. The fraction of sp³-hybridized carbons (Fsp3) is 0.227. The third-order valence-corrected chi connectivity index (χ3v) is 4.17. The topological polar surface area (TPSA) is 56.0 Å². The minimum Gasteiger partial charge on any atom is -0.417 e. The van der Waals surface area contributed by atoms with Crippen molar-refractivity contribution in [1.82, 2.24) is 10.2 Å². The molecule has 0 saturated carbocycles. The van der Waals surface area contributed by atoms with Crippen LogP contribution in [0.25, 0.3) is 23.1 Å². The first kappa shape index (κ1) is 17.8. The molecule has 0 spiro atoms. The van der Waals surface area contributed by atoms with Crippen molar-refractivity contribution in [3.05, 3.63) is 71.6 Å². The molecule has 3 rings (SSSR count). The average molecular weight is 346 g/mol. The highest BCUT2D eigenvalue weighted by molar-refractivity contribution is 5.79. The summed E-state index contributed by atoms with van der Waals surface area (Å²) in [7, 11) is 0. The number of carbonyl (C=O) groups excluding carboxylic acids is 1. The third kappa shape index (κ3) is 4.54. The summed E-state index contributed by atoms with van der Waals surface area (Å²) in [6.45, 7) is 4.44. The Balaban J connectivity index is 1.87. The van der Waals surface area contributed by atoms with Gasteiger partial charge in [0.2, 0.25) is 11.8 Å². The molecule has 0 amide bonds. The number of allylic oxidation sites excluding steroid dienone is 1. The van der Waals surface area contributed by atoms with E-state index in [1.807, 2.05) is 36.4 Å². The normalized spacial score (nSPS) is 11.7. The molecule has 0 N–H and O–H groups in total. The van der Waals surface area contributed by atoms with Gasteiger partial charge in [-0.05, 0) is 42.0 Å². The van der Waals surface area contributed by atoms with Crippen LogP contribution in [-0.4, -0.2) is 16.5 Å². The summed E-state index contributed by atoms with van der Waals surface area (Å²) in [5.41, 5.74) is 3.77. The smallest absolute Gasteiger partial charge is 0.248 e.